The van der Waals surface area contributed by atoms with Crippen LogP contribution in [0.15, 0.2) is 12.1 Å². The lowest BCUT2D eigenvalue weighted by molar-refractivity contribution is -0.137. The average Bonchev–Trinajstić information content (AvgIpc) is 2.13. The Morgan fingerprint density at radius 2 is 2.20 bits per heavy atom. The van der Waals surface area contributed by atoms with E-state index in [9.17, 15) is 9.18 Å². The summed E-state index contributed by atoms with van der Waals surface area (Å²) in [6.45, 7) is 1.64. The fraction of sp³-hybridized carbons (Fsp3) is 0.364. The van der Waals surface area contributed by atoms with Crippen LogP contribution in [0.25, 0.3) is 0 Å². The standard InChI is InChI=1S/C11H12ClFO2/c1-7-5-8(3-2-4-10(14)15)6-9(12)11(7)13/h5-6H,2-4H2,1H3,(H,14,15). The van der Waals surface area contributed by atoms with E-state index < -0.39 is 11.8 Å². The summed E-state index contributed by atoms with van der Waals surface area (Å²) in [4.78, 5) is 10.3. The maximum atomic E-state index is 13.1. The Morgan fingerprint density at radius 1 is 1.53 bits per heavy atom. The summed E-state index contributed by atoms with van der Waals surface area (Å²) >= 11 is 5.67. The Labute approximate surface area is 92.7 Å². The fourth-order valence-corrected chi connectivity index (χ4v) is 1.67. The highest BCUT2D eigenvalue weighted by Crippen LogP contribution is 2.21. The number of carboxylic acids is 1. The first-order valence-corrected chi connectivity index (χ1v) is 5.05. The van der Waals surface area contributed by atoms with Crippen molar-refractivity contribution in [2.45, 2.75) is 26.2 Å². The number of hydrogen-bond acceptors (Lipinski definition) is 1. The summed E-state index contributed by atoms with van der Waals surface area (Å²) in [6, 6.07) is 3.24. The number of carboxylic acid groups (broad SMARTS) is 1. The van der Waals surface area contributed by atoms with Crippen LogP contribution in [0, 0.1) is 12.7 Å². The van der Waals surface area contributed by atoms with Crippen molar-refractivity contribution in [1.82, 2.24) is 0 Å². The van der Waals surface area contributed by atoms with E-state index in [1.807, 2.05) is 0 Å². The van der Waals surface area contributed by atoms with Crippen LogP contribution in [-0.2, 0) is 11.2 Å². The number of hydrogen-bond donors (Lipinski definition) is 1. The predicted octanol–water partition coefficient (Wildman–Crippen LogP) is 3.19. The zero-order chi connectivity index (χ0) is 11.4. The van der Waals surface area contributed by atoms with E-state index in [-0.39, 0.29) is 11.4 Å². The van der Waals surface area contributed by atoms with E-state index in [0.29, 0.717) is 18.4 Å². The molecule has 0 radical (unpaired) electrons. The highest BCUT2D eigenvalue weighted by molar-refractivity contribution is 6.30. The van der Waals surface area contributed by atoms with Crippen molar-refractivity contribution < 1.29 is 14.3 Å². The van der Waals surface area contributed by atoms with Gasteiger partial charge in [-0.15, -0.1) is 0 Å². The minimum atomic E-state index is -0.820. The second kappa shape index (κ2) is 5.12. The van der Waals surface area contributed by atoms with Gasteiger partial charge in [-0.1, -0.05) is 17.7 Å². The maximum absolute atomic E-state index is 13.1. The molecule has 2 nitrogen and oxygen atoms in total. The van der Waals surface area contributed by atoms with Crippen LogP contribution < -0.4 is 0 Å². The molecule has 0 aliphatic rings. The monoisotopic (exact) mass is 230 g/mol. The molecule has 0 saturated carbocycles. The van der Waals surface area contributed by atoms with Gasteiger partial charge in [0.1, 0.15) is 5.82 Å². The van der Waals surface area contributed by atoms with Crippen LogP contribution in [0.2, 0.25) is 5.02 Å². The van der Waals surface area contributed by atoms with Gasteiger partial charge in [0.2, 0.25) is 0 Å². The van der Waals surface area contributed by atoms with Gasteiger partial charge in [0, 0.05) is 6.42 Å². The van der Waals surface area contributed by atoms with Crippen molar-refractivity contribution in [3.8, 4) is 0 Å². The van der Waals surface area contributed by atoms with Gasteiger partial charge in [0.05, 0.1) is 5.02 Å². The molecule has 0 fully saturated rings. The van der Waals surface area contributed by atoms with E-state index in [1.165, 1.54) is 0 Å². The largest absolute Gasteiger partial charge is 0.481 e. The Hall–Kier alpha value is -1.09. The summed E-state index contributed by atoms with van der Waals surface area (Å²) in [5, 5.41) is 8.56. The normalized spacial score (nSPS) is 10.3. The zero-order valence-corrected chi connectivity index (χ0v) is 9.14. The smallest absolute Gasteiger partial charge is 0.303 e. The predicted molar refractivity (Wildman–Crippen MR) is 56.7 cm³/mol. The van der Waals surface area contributed by atoms with Crippen LogP contribution in [0.3, 0.4) is 0 Å². The molecule has 0 amide bonds. The molecule has 0 heterocycles. The van der Waals surface area contributed by atoms with Gasteiger partial charge in [-0.3, -0.25) is 4.79 Å². The van der Waals surface area contributed by atoms with Crippen LogP contribution >= 0.6 is 11.6 Å². The minimum absolute atomic E-state index is 0.0975. The molecule has 0 aliphatic carbocycles. The van der Waals surface area contributed by atoms with Gasteiger partial charge in [-0.25, -0.2) is 4.39 Å². The van der Waals surface area contributed by atoms with Crippen molar-refractivity contribution in [1.29, 1.82) is 0 Å². The van der Waals surface area contributed by atoms with Crippen LogP contribution in [0.5, 0.6) is 0 Å². The molecule has 4 heteroatoms. The van der Waals surface area contributed by atoms with Gasteiger partial charge in [-0.2, -0.15) is 0 Å². The molecule has 0 unspecified atom stereocenters. The summed E-state index contributed by atoms with van der Waals surface area (Å²) < 4.78 is 13.1. The number of aliphatic carboxylic acids is 1. The molecule has 15 heavy (non-hydrogen) atoms. The van der Waals surface area contributed by atoms with Crippen LogP contribution in [0.1, 0.15) is 24.0 Å². The van der Waals surface area contributed by atoms with Gasteiger partial charge in [-0.05, 0) is 37.0 Å². The van der Waals surface area contributed by atoms with E-state index in [0.717, 1.165) is 5.56 Å². The number of halogens is 2. The second-order valence-electron chi connectivity index (χ2n) is 3.46. The lowest BCUT2D eigenvalue weighted by atomic mass is 10.1. The van der Waals surface area contributed by atoms with E-state index in [2.05, 4.69) is 0 Å². The highest BCUT2D eigenvalue weighted by Gasteiger charge is 2.06. The van der Waals surface area contributed by atoms with Gasteiger partial charge < -0.3 is 5.11 Å². The Kier molecular flexibility index (Phi) is 4.09. The second-order valence-corrected chi connectivity index (χ2v) is 3.86. The third kappa shape index (κ3) is 3.51. The summed E-state index contributed by atoms with van der Waals surface area (Å²) in [7, 11) is 0. The first kappa shape index (κ1) is 12.0. The topological polar surface area (TPSA) is 37.3 Å². The molecule has 1 rings (SSSR count). The van der Waals surface area contributed by atoms with Crippen LogP contribution in [-0.4, -0.2) is 11.1 Å². The van der Waals surface area contributed by atoms with E-state index in [1.54, 1.807) is 19.1 Å². The molecule has 0 bridgehead atoms. The first-order chi connectivity index (χ1) is 7.00. The molecule has 0 saturated heterocycles. The lowest BCUT2D eigenvalue weighted by Crippen LogP contribution is -1.97. The molecule has 0 aromatic heterocycles. The van der Waals surface area contributed by atoms with Crippen molar-refractivity contribution in [2.75, 3.05) is 0 Å². The average molecular weight is 231 g/mol. The summed E-state index contributed by atoms with van der Waals surface area (Å²) in [5.74, 6) is -1.22. The summed E-state index contributed by atoms with van der Waals surface area (Å²) in [5.41, 5.74) is 1.37. The van der Waals surface area contributed by atoms with Crippen molar-refractivity contribution in [3.63, 3.8) is 0 Å². The van der Waals surface area contributed by atoms with E-state index in [4.69, 9.17) is 16.7 Å². The van der Waals surface area contributed by atoms with Gasteiger partial charge >= 0.3 is 5.97 Å². The summed E-state index contributed by atoms with van der Waals surface area (Å²) in [6.07, 6.45) is 1.26. The Bertz CT molecular complexity index is 354. The number of aryl methyl sites for hydroxylation is 2. The van der Waals surface area contributed by atoms with Crippen molar-refractivity contribution in [2.24, 2.45) is 0 Å². The third-order valence-corrected chi connectivity index (χ3v) is 2.40. The molecular formula is C11H12ClFO2. The van der Waals surface area contributed by atoms with Crippen molar-refractivity contribution in [3.05, 3.63) is 34.1 Å². The van der Waals surface area contributed by atoms with Crippen LogP contribution in [0.4, 0.5) is 4.39 Å². The maximum Gasteiger partial charge on any atom is 0.303 e. The molecule has 1 aromatic carbocycles. The molecule has 1 aromatic rings. The van der Waals surface area contributed by atoms with Gasteiger partial charge in [0.25, 0.3) is 0 Å². The minimum Gasteiger partial charge on any atom is -0.481 e. The number of benzene rings is 1. The Balaban J connectivity index is 2.66. The number of rotatable bonds is 4. The molecule has 0 atom stereocenters. The van der Waals surface area contributed by atoms with E-state index >= 15 is 0 Å². The van der Waals surface area contributed by atoms with Crippen molar-refractivity contribution >= 4 is 17.6 Å². The molecule has 1 N–H and O–H groups in total. The highest BCUT2D eigenvalue weighted by atomic mass is 35.5. The molecule has 0 spiro atoms. The number of carbonyl (C=O) groups is 1. The molecular weight excluding hydrogens is 219 g/mol. The quantitative estimate of drug-likeness (QED) is 0.863. The zero-order valence-electron chi connectivity index (χ0n) is 8.39. The first-order valence-electron chi connectivity index (χ1n) is 4.67. The molecule has 82 valence electrons. The van der Waals surface area contributed by atoms with Gasteiger partial charge in [0.15, 0.2) is 0 Å². The SMILES string of the molecule is Cc1cc(CCCC(=O)O)cc(Cl)c1F. The lowest BCUT2D eigenvalue weighted by Gasteiger charge is -2.04. The third-order valence-electron chi connectivity index (χ3n) is 2.13. The fourth-order valence-electron chi connectivity index (χ4n) is 1.39. The Morgan fingerprint density at radius 3 is 2.73 bits per heavy atom. The molecule has 0 aliphatic heterocycles.